The van der Waals surface area contributed by atoms with E-state index in [4.69, 9.17) is 23.2 Å². The highest BCUT2D eigenvalue weighted by atomic mass is 35.5. The quantitative estimate of drug-likeness (QED) is 0.860. The average Bonchev–Trinajstić information content (AvgIpc) is 2.32. The zero-order valence-corrected chi connectivity index (χ0v) is 11.8. The summed E-state index contributed by atoms with van der Waals surface area (Å²) in [5, 5.41) is 8.37. The average molecular weight is 285 g/mol. The number of piperidine rings is 1. The fraction of sp³-hybridized carbons (Fsp3) is 0.571. The summed E-state index contributed by atoms with van der Waals surface area (Å²) in [4.78, 5) is 0. The van der Waals surface area contributed by atoms with Crippen molar-refractivity contribution in [3.8, 4) is 0 Å². The highest BCUT2D eigenvalue weighted by molar-refractivity contribution is 6.36. The number of benzene rings is 1. The molecule has 1 heterocycles. The summed E-state index contributed by atoms with van der Waals surface area (Å²) in [6, 6.07) is 6.22. The van der Waals surface area contributed by atoms with Crippen molar-refractivity contribution in [3.05, 3.63) is 28.2 Å². The molecule has 2 fully saturated rings. The first-order valence-electron chi connectivity index (χ1n) is 6.59. The van der Waals surface area contributed by atoms with E-state index < -0.39 is 0 Å². The van der Waals surface area contributed by atoms with E-state index in [1.807, 2.05) is 12.1 Å². The minimum absolute atomic E-state index is 0.571. The molecule has 3 rings (SSSR count). The molecule has 1 aromatic rings. The van der Waals surface area contributed by atoms with E-state index in [1.165, 1.54) is 38.8 Å². The van der Waals surface area contributed by atoms with E-state index in [1.54, 1.807) is 6.07 Å². The highest BCUT2D eigenvalue weighted by Gasteiger charge is 2.44. The third kappa shape index (κ3) is 2.47. The van der Waals surface area contributed by atoms with Crippen LogP contribution in [0.15, 0.2) is 18.2 Å². The number of anilines is 1. The van der Waals surface area contributed by atoms with E-state index >= 15 is 0 Å². The lowest BCUT2D eigenvalue weighted by Gasteiger charge is -2.51. The summed E-state index contributed by atoms with van der Waals surface area (Å²) >= 11 is 12.1. The number of rotatable bonds is 2. The van der Waals surface area contributed by atoms with Crippen molar-refractivity contribution < 1.29 is 0 Å². The third-order valence-corrected chi connectivity index (χ3v) is 4.86. The van der Waals surface area contributed by atoms with Gasteiger partial charge in [-0.15, -0.1) is 0 Å². The minimum atomic E-state index is 0.571. The second-order valence-electron chi connectivity index (χ2n) is 5.62. The predicted octanol–water partition coefficient (Wildman–Crippen LogP) is 3.94. The first-order valence-corrected chi connectivity index (χ1v) is 7.35. The van der Waals surface area contributed by atoms with Crippen molar-refractivity contribution in [2.75, 3.05) is 18.4 Å². The first-order chi connectivity index (χ1) is 8.67. The number of nitrogens with one attached hydrogen (secondary N) is 2. The van der Waals surface area contributed by atoms with E-state index in [0.717, 1.165) is 5.69 Å². The topological polar surface area (TPSA) is 24.1 Å². The van der Waals surface area contributed by atoms with Crippen molar-refractivity contribution in [1.29, 1.82) is 0 Å². The fourth-order valence-electron chi connectivity index (χ4n) is 3.28. The predicted molar refractivity (Wildman–Crippen MR) is 77.6 cm³/mol. The van der Waals surface area contributed by atoms with Crippen molar-refractivity contribution in [1.82, 2.24) is 5.32 Å². The molecule has 0 atom stereocenters. The smallest absolute Gasteiger partial charge is 0.0652 e. The van der Waals surface area contributed by atoms with Crippen LogP contribution in [0.4, 0.5) is 5.69 Å². The minimum Gasteiger partial charge on any atom is -0.381 e. The van der Waals surface area contributed by atoms with Crippen LogP contribution in [0.1, 0.15) is 25.7 Å². The van der Waals surface area contributed by atoms with Gasteiger partial charge in [0.25, 0.3) is 0 Å². The molecule has 18 heavy (non-hydrogen) atoms. The summed E-state index contributed by atoms with van der Waals surface area (Å²) < 4.78 is 0. The zero-order chi connectivity index (χ0) is 12.6. The van der Waals surface area contributed by atoms with Gasteiger partial charge < -0.3 is 10.6 Å². The van der Waals surface area contributed by atoms with Crippen LogP contribution in [0, 0.1) is 5.41 Å². The second kappa shape index (κ2) is 4.92. The molecule has 2 aliphatic rings. The van der Waals surface area contributed by atoms with Gasteiger partial charge in [0.05, 0.1) is 10.7 Å². The summed E-state index contributed by atoms with van der Waals surface area (Å²) in [5.41, 5.74) is 1.61. The summed E-state index contributed by atoms with van der Waals surface area (Å²) in [6.45, 7) is 2.35. The van der Waals surface area contributed by atoms with Gasteiger partial charge in [-0.05, 0) is 62.4 Å². The Labute approximate surface area is 118 Å². The van der Waals surface area contributed by atoms with Gasteiger partial charge in [-0.1, -0.05) is 23.2 Å². The van der Waals surface area contributed by atoms with Crippen LogP contribution in [-0.2, 0) is 0 Å². The molecule has 2 N–H and O–H groups in total. The monoisotopic (exact) mass is 284 g/mol. The maximum Gasteiger partial charge on any atom is 0.0652 e. The van der Waals surface area contributed by atoms with E-state index in [9.17, 15) is 0 Å². The summed E-state index contributed by atoms with van der Waals surface area (Å²) in [5.74, 6) is 0. The van der Waals surface area contributed by atoms with Crippen LogP contribution < -0.4 is 10.6 Å². The Bertz CT molecular complexity index is 433. The highest BCUT2D eigenvalue weighted by Crippen LogP contribution is 2.49. The fourth-order valence-corrected chi connectivity index (χ4v) is 3.74. The molecule has 1 saturated heterocycles. The Kier molecular flexibility index (Phi) is 3.44. The van der Waals surface area contributed by atoms with E-state index in [-0.39, 0.29) is 0 Å². The Hall–Kier alpha value is -0.440. The molecule has 4 heteroatoms. The van der Waals surface area contributed by atoms with Crippen molar-refractivity contribution in [2.45, 2.75) is 31.7 Å². The SMILES string of the molecule is Clc1ccc(NC2CC3(CCNCC3)C2)c(Cl)c1. The van der Waals surface area contributed by atoms with Gasteiger partial charge in [0, 0.05) is 11.1 Å². The molecule has 0 bridgehead atoms. The Morgan fingerprint density at radius 1 is 1.17 bits per heavy atom. The molecule has 0 unspecified atom stereocenters. The van der Waals surface area contributed by atoms with Gasteiger partial charge in [-0.2, -0.15) is 0 Å². The van der Waals surface area contributed by atoms with Gasteiger partial charge in [-0.3, -0.25) is 0 Å². The summed E-state index contributed by atoms with van der Waals surface area (Å²) in [6.07, 6.45) is 5.18. The molecule has 1 aliphatic carbocycles. The van der Waals surface area contributed by atoms with Gasteiger partial charge in [-0.25, -0.2) is 0 Å². The number of hydrogen-bond acceptors (Lipinski definition) is 2. The second-order valence-corrected chi connectivity index (χ2v) is 6.47. The molecule has 1 aromatic carbocycles. The van der Waals surface area contributed by atoms with Gasteiger partial charge in [0.1, 0.15) is 0 Å². The number of hydrogen-bond donors (Lipinski definition) is 2. The Morgan fingerprint density at radius 3 is 2.56 bits per heavy atom. The molecule has 98 valence electrons. The van der Waals surface area contributed by atoms with Crippen LogP contribution >= 0.6 is 23.2 Å². The van der Waals surface area contributed by atoms with Crippen molar-refractivity contribution in [3.63, 3.8) is 0 Å². The molecule has 0 aromatic heterocycles. The lowest BCUT2D eigenvalue weighted by atomic mass is 9.60. The van der Waals surface area contributed by atoms with Crippen molar-refractivity contribution >= 4 is 28.9 Å². The molecule has 1 aliphatic heterocycles. The molecular formula is C14H18Cl2N2. The molecule has 2 nitrogen and oxygen atoms in total. The van der Waals surface area contributed by atoms with Crippen molar-refractivity contribution in [2.24, 2.45) is 5.41 Å². The largest absolute Gasteiger partial charge is 0.381 e. The summed E-state index contributed by atoms with van der Waals surface area (Å²) in [7, 11) is 0. The number of halogens is 2. The lowest BCUT2D eigenvalue weighted by Crippen LogP contribution is -2.50. The van der Waals surface area contributed by atoms with Crippen LogP contribution in [-0.4, -0.2) is 19.1 Å². The van der Waals surface area contributed by atoms with Crippen LogP contribution in [0.25, 0.3) is 0 Å². The van der Waals surface area contributed by atoms with Gasteiger partial charge in [0.15, 0.2) is 0 Å². The van der Waals surface area contributed by atoms with Crippen LogP contribution in [0.2, 0.25) is 10.0 Å². The van der Waals surface area contributed by atoms with Crippen LogP contribution in [0.5, 0.6) is 0 Å². The van der Waals surface area contributed by atoms with Crippen LogP contribution in [0.3, 0.4) is 0 Å². The molecule has 0 radical (unpaired) electrons. The normalized spacial score (nSPS) is 22.8. The first kappa shape index (κ1) is 12.6. The molecule has 1 saturated carbocycles. The molecular weight excluding hydrogens is 267 g/mol. The molecule has 1 spiro atoms. The zero-order valence-electron chi connectivity index (χ0n) is 10.3. The Balaban J connectivity index is 1.59. The Morgan fingerprint density at radius 2 is 1.89 bits per heavy atom. The standard InChI is InChI=1S/C14H18Cl2N2/c15-10-1-2-13(12(16)7-10)18-11-8-14(9-11)3-5-17-6-4-14/h1-2,7,11,17-18H,3-6,8-9H2. The lowest BCUT2D eigenvalue weighted by molar-refractivity contribution is 0.0719. The van der Waals surface area contributed by atoms with Gasteiger partial charge in [0.2, 0.25) is 0 Å². The van der Waals surface area contributed by atoms with Gasteiger partial charge >= 0.3 is 0 Å². The van der Waals surface area contributed by atoms with E-state index in [2.05, 4.69) is 10.6 Å². The maximum atomic E-state index is 6.17. The maximum absolute atomic E-state index is 6.17. The third-order valence-electron chi connectivity index (χ3n) is 4.31. The van der Waals surface area contributed by atoms with E-state index in [0.29, 0.717) is 21.5 Å². The molecule has 0 amide bonds.